The molecule has 0 aromatic heterocycles. The standard InChI is InChI=1S/C17H26N4O/c1-13(2)21(14(3)4)11-10-19-17(20-12-18)15-6-8-16(22-5)9-7-15/h6-9,13-14H,10-11H2,1-5H3,(H,19,20). The maximum absolute atomic E-state index is 8.91. The van der Waals surface area contributed by atoms with Gasteiger partial charge in [0.05, 0.1) is 13.7 Å². The Morgan fingerprint density at radius 1 is 1.23 bits per heavy atom. The average molecular weight is 302 g/mol. The number of methoxy groups -OCH3 is 1. The van der Waals surface area contributed by atoms with E-state index >= 15 is 0 Å². The van der Waals surface area contributed by atoms with Crippen LogP contribution in [0.2, 0.25) is 0 Å². The number of benzene rings is 1. The van der Waals surface area contributed by atoms with Gasteiger partial charge in [0.1, 0.15) is 11.6 Å². The molecule has 0 saturated heterocycles. The quantitative estimate of drug-likeness (QED) is 0.364. The van der Waals surface area contributed by atoms with Crippen LogP contribution in [0, 0.1) is 11.5 Å². The maximum atomic E-state index is 8.91. The van der Waals surface area contributed by atoms with Gasteiger partial charge >= 0.3 is 0 Å². The Balaban J connectivity index is 2.79. The molecule has 0 spiro atoms. The Hall–Kier alpha value is -2.06. The Morgan fingerprint density at radius 3 is 2.27 bits per heavy atom. The Kier molecular flexibility index (Phi) is 7.41. The van der Waals surface area contributed by atoms with E-state index in [-0.39, 0.29) is 0 Å². The van der Waals surface area contributed by atoms with Crippen molar-refractivity contribution in [1.82, 2.24) is 10.2 Å². The van der Waals surface area contributed by atoms with Crippen molar-refractivity contribution in [3.63, 3.8) is 0 Å². The second-order valence-corrected chi connectivity index (χ2v) is 5.62. The zero-order chi connectivity index (χ0) is 16.5. The number of nitrogens with zero attached hydrogens (tertiary/aromatic N) is 3. The van der Waals surface area contributed by atoms with Gasteiger partial charge in [-0.3, -0.25) is 15.2 Å². The predicted molar refractivity (Wildman–Crippen MR) is 90.1 cm³/mol. The summed E-state index contributed by atoms with van der Waals surface area (Å²) in [6.07, 6.45) is 1.95. The highest BCUT2D eigenvalue weighted by Crippen LogP contribution is 2.11. The molecule has 1 rings (SSSR count). The lowest BCUT2D eigenvalue weighted by Crippen LogP contribution is -2.39. The van der Waals surface area contributed by atoms with Gasteiger partial charge in [-0.25, -0.2) is 0 Å². The van der Waals surface area contributed by atoms with Crippen molar-refractivity contribution in [2.24, 2.45) is 4.99 Å². The van der Waals surface area contributed by atoms with Crippen LogP contribution >= 0.6 is 0 Å². The minimum Gasteiger partial charge on any atom is -0.497 e. The van der Waals surface area contributed by atoms with Gasteiger partial charge < -0.3 is 4.74 Å². The Labute approximate surface area is 133 Å². The fourth-order valence-corrected chi connectivity index (χ4v) is 2.39. The summed E-state index contributed by atoms with van der Waals surface area (Å²) in [6, 6.07) is 8.46. The largest absolute Gasteiger partial charge is 0.497 e. The van der Waals surface area contributed by atoms with Crippen molar-refractivity contribution in [2.45, 2.75) is 39.8 Å². The van der Waals surface area contributed by atoms with Crippen LogP contribution < -0.4 is 10.1 Å². The zero-order valence-electron chi connectivity index (χ0n) is 14.1. The summed E-state index contributed by atoms with van der Waals surface area (Å²) < 4.78 is 5.14. The fourth-order valence-electron chi connectivity index (χ4n) is 2.39. The fraction of sp³-hybridized carbons (Fsp3) is 0.529. The maximum Gasteiger partial charge on any atom is 0.182 e. The Morgan fingerprint density at radius 2 is 1.82 bits per heavy atom. The first-order valence-electron chi connectivity index (χ1n) is 7.59. The van der Waals surface area contributed by atoms with E-state index in [9.17, 15) is 0 Å². The molecule has 22 heavy (non-hydrogen) atoms. The van der Waals surface area contributed by atoms with Crippen molar-refractivity contribution in [2.75, 3.05) is 20.2 Å². The number of ether oxygens (including phenoxy) is 1. The second-order valence-electron chi connectivity index (χ2n) is 5.62. The van der Waals surface area contributed by atoms with Crippen molar-refractivity contribution >= 4 is 5.84 Å². The molecule has 0 saturated carbocycles. The van der Waals surface area contributed by atoms with Gasteiger partial charge in [0.2, 0.25) is 0 Å². The molecule has 0 amide bonds. The van der Waals surface area contributed by atoms with Gasteiger partial charge in [-0.05, 0) is 52.0 Å². The number of aliphatic imine (C=N–C) groups is 1. The van der Waals surface area contributed by atoms with Crippen LogP contribution in [0.5, 0.6) is 5.75 Å². The third-order valence-electron chi connectivity index (χ3n) is 3.49. The first-order chi connectivity index (χ1) is 10.5. The molecule has 0 aliphatic carbocycles. The number of nitrogens with one attached hydrogen (secondary N) is 1. The van der Waals surface area contributed by atoms with Crippen LogP contribution in [0.4, 0.5) is 0 Å². The zero-order valence-corrected chi connectivity index (χ0v) is 14.1. The van der Waals surface area contributed by atoms with Crippen molar-refractivity contribution in [1.29, 1.82) is 5.26 Å². The number of hydrogen-bond donors (Lipinski definition) is 1. The van der Waals surface area contributed by atoms with E-state index in [2.05, 4.69) is 42.9 Å². The van der Waals surface area contributed by atoms with Crippen LogP contribution in [0.1, 0.15) is 33.3 Å². The summed E-state index contributed by atoms with van der Waals surface area (Å²) in [4.78, 5) is 6.92. The van der Waals surface area contributed by atoms with Crippen molar-refractivity contribution < 1.29 is 4.74 Å². The first kappa shape index (κ1) is 18.0. The molecule has 120 valence electrons. The van der Waals surface area contributed by atoms with E-state index in [1.54, 1.807) is 7.11 Å². The number of nitriles is 1. The Bertz CT molecular complexity index is 506. The van der Waals surface area contributed by atoms with Gasteiger partial charge in [-0.1, -0.05) is 0 Å². The lowest BCUT2D eigenvalue weighted by Gasteiger charge is -2.29. The molecule has 1 aromatic carbocycles. The average Bonchev–Trinajstić information content (AvgIpc) is 2.49. The molecule has 0 aliphatic heterocycles. The van der Waals surface area contributed by atoms with Gasteiger partial charge in [0.25, 0.3) is 0 Å². The van der Waals surface area contributed by atoms with Crippen LogP contribution in [0.25, 0.3) is 0 Å². The van der Waals surface area contributed by atoms with Crippen LogP contribution in [0.3, 0.4) is 0 Å². The minimum atomic E-state index is 0.476. The van der Waals surface area contributed by atoms with Crippen LogP contribution in [-0.4, -0.2) is 43.0 Å². The molecule has 0 unspecified atom stereocenters. The number of hydrogen-bond acceptors (Lipinski definition) is 4. The highest BCUT2D eigenvalue weighted by atomic mass is 16.5. The molecule has 0 radical (unpaired) electrons. The monoisotopic (exact) mass is 302 g/mol. The predicted octanol–water partition coefficient (Wildman–Crippen LogP) is 2.63. The van der Waals surface area contributed by atoms with E-state index in [0.717, 1.165) is 17.9 Å². The third-order valence-corrected chi connectivity index (χ3v) is 3.49. The topological polar surface area (TPSA) is 60.6 Å². The minimum absolute atomic E-state index is 0.476. The highest BCUT2D eigenvalue weighted by molar-refractivity contribution is 5.99. The van der Waals surface area contributed by atoms with E-state index < -0.39 is 0 Å². The highest BCUT2D eigenvalue weighted by Gasteiger charge is 2.12. The van der Waals surface area contributed by atoms with E-state index in [4.69, 9.17) is 10.00 Å². The summed E-state index contributed by atoms with van der Waals surface area (Å²) in [5.74, 6) is 1.38. The number of rotatable bonds is 7. The molecular formula is C17H26N4O. The lowest BCUT2D eigenvalue weighted by molar-refractivity contribution is 0.181. The lowest BCUT2D eigenvalue weighted by atomic mass is 10.2. The van der Waals surface area contributed by atoms with Gasteiger partial charge in [-0.2, -0.15) is 5.26 Å². The van der Waals surface area contributed by atoms with Gasteiger partial charge in [-0.15, -0.1) is 0 Å². The molecule has 0 aliphatic rings. The molecule has 1 aromatic rings. The summed E-state index contributed by atoms with van der Waals surface area (Å²) in [7, 11) is 1.63. The molecule has 5 nitrogen and oxygen atoms in total. The molecule has 0 atom stereocenters. The molecule has 0 bridgehead atoms. The van der Waals surface area contributed by atoms with Crippen LogP contribution in [0.15, 0.2) is 29.3 Å². The summed E-state index contributed by atoms with van der Waals surface area (Å²) in [6.45, 7) is 10.2. The molecule has 1 N–H and O–H groups in total. The van der Waals surface area contributed by atoms with E-state index in [0.29, 0.717) is 24.5 Å². The first-order valence-corrected chi connectivity index (χ1v) is 7.59. The summed E-state index contributed by atoms with van der Waals surface area (Å²) in [5.41, 5.74) is 0.878. The van der Waals surface area contributed by atoms with Gasteiger partial charge in [0.15, 0.2) is 6.19 Å². The van der Waals surface area contributed by atoms with Gasteiger partial charge in [0, 0.05) is 24.2 Å². The summed E-state index contributed by atoms with van der Waals surface area (Å²) >= 11 is 0. The molecule has 5 heteroatoms. The summed E-state index contributed by atoms with van der Waals surface area (Å²) in [5, 5.41) is 11.6. The molecule has 0 heterocycles. The number of amidine groups is 1. The third kappa shape index (κ3) is 5.38. The van der Waals surface area contributed by atoms with Crippen molar-refractivity contribution in [3.8, 4) is 11.9 Å². The van der Waals surface area contributed by atoms with E-state index in [1.807, 2.05) is 30.5 Å². The smallest absolute Gasteiger partial charge is 0.182 e. The second kappa shape index (κ2) is 9.06. The molecular weight excluding hydrogens is 276 g/mol. The normalized spacial score (nSPS) is 11.9. The SMILES string of the molecule is COc1ccc(C(=NCCN(C(C)C)C(C)C)NC#N)cc1. The van der Waals surface area contributed by atoms with Crippen LogP contribution in [-0.2, 0) is 0 Å². The van der Waals surface area contributed by atoms with Crippen molar-refractivity contribution in [3.05, 3.63) is 29.8 Å². The molecule has 0 fully saturated rings. The van der Waals surface area contributed by atoms with E-state index in [1.165, 1.54) is 0 Å².